The molecule has 4 rings (SSSR count). The average molecular weight is 337 g/mol. The fourth-order valence-electron chi connectivity index (χ4n) is 3.13. The van der Waals surface area contributed by atoms with Gasteiger partial charge in [0.25, 0.3) is 5.89 Å². The summed E-state index contributed by atoms with van der Waals surface area (Å²) in [6, 6.07) is 9.80. The standard InChI is InChI=1S/C18H19N5O2/c1-3-23-15(8-9-19-23)18-20-17(21-25-18)13-10-16(24)22(11-13)14-6-4-12(2)5-7-14/h4-9,13H,3,10-11H2,1-2H3/t13-/m0/s1. The first kappa shape index (κ1) is 15.6. The highest BCUT2D eigenvalue weighted by Crippen LogP contribution is 2.31. The van der Waals surface area contributed by atoms with Crippen LogP contribution in [0.25, 0.3) is 11.6 Å². The van der Waals surface area contributed by atoms with Crippen molar-refractivity contribution in [3.05, 3.63) is 47.9 Å². The summed E-state index contributed by atoms with van der Waals surface area (Å²) >= 11 is 0. The Bertz CT molecular complexity index is 896. The van der Waals surface area contributed by atoms with E-state index in [1.165, 1.54) is 5.56 Å². The molecule has 0 saturated carbocycles. The molecule has 128 valence electrons. The summed E-state index contributed by atoms with van der Waals surface area (Å²) in [7, 11) is 0. The van der Waals surface area contributed by atoms with Crippen LogP contribution in [-0.4, -0.2) is 32.4 Å². The van der Waals surface area contributed by atoms with Crippen LogP contribution < -0.4 is 4.90 Å². The molecule has 0 N–H and O–H groups in total. The lowest BCUT2D eigenvalue weighted by molar-refractivity contribution is -0.117. The number of aromatic nitrogens is 4. The Morgan fingerprint density at radius 3 is 2.80 bits per heavy atom. The first-order valence-corrected chi connectivity index (χ1v) is 8.38. The molecule has 3 aromatic rings. The molecule has 1 amide bonds. The van der Waals surface area contributed by atoms with Gasteiger partial charge in [-0.05, 0) is 32.0 Å². The minimum Gasteiger partial charge on any atom is -0.332 e. The zero-order valence-electron chi connectivity index (χ0n) is 14.2. The van der Waals surface area contributed by atoms with Crippen molar-refractivity contribution in [3.63, 3.8) is 0 Å². The number of hydrogen-bond donors (Lipinski definition) is 0. The van der Waals surface area contributed by atoms with Gasteiger partial charge < -0.3 is 9.42 Å². The highest BCUT2D eigenvalue weighted by atomic mass is 16.5. The fraction of sp³-hybridized carbons (Fsp3) is 0.333. The van der Waals surface area contributed by atoms with E-state index in [2.05, 4.69) is 15.2 Å². The van der Waals surface area contributed by atoms with Crippen molar-refractivity contribution in [2.45, 2.75) is 32.7 Å². The summed E-state index contributed by atoms with van der Waals surface area (Å²) in [6.07, 6.45) is 2.10. The second-order valence-electron chi connectivity index (χ2n) is 6.23. The van der Waals surface area contributed by atoms with Gasteiger partial charge in [-0.2, -0.15) is 10.1 Å². The van der Waals surface area contributed by atoms with Crippen LogP contribution >= 0.6 is 0 Å². The molecular formula is C18H19N5O2. The zero-order chi connectivity index (χ0) is 17.4. The molecule has 0 bridgehead atoms. The van der Waals surface area contributed by atoms with Crippen LogP contribution in [0.5, 0.6) is 0 Å². The molecule has 0 aliphatic carbocycles. The van der Waals surface area contributed by atoms with Crippen molar-refractivity contribution in [1.82, 2.24) is 19.9 Å². The van der Waals surface area contributed by atoms with Crippen molar-refractivity contribution in [3.8, 4) is 11.6 Å². The van der Waals surface area contributed by atoms with E-state index in [-0.39, 0.29) is 11.8 Å². The number of anilines is 1. The highest BCUT2D eigenvalue weighted by molar-refractivity contribution is 5.96. The molecule has 1 aromatic carbocycles. The van der Waals surface area contributed by atoms with Crippen LogP contribution in [0.3, 0.4) is 0 Å². The Hall–Kier alpha value is -2.96. The summed E-state index contributed by atoms with van der Waals surface area (Å²) in [5.41, 5.74) is 2.87. The average Bonchev–Trinajstić information content (AvgIpc) is 3.33. The SMILES string of the molecule is CCn1nccc1-c1nc([C@H]2CC(=O)N(c3ccc(C)cc3)C2)no1. The van der Waals surface area contributed by atoms with E-state index in [1.807, 2.05) is 44.2 Å². The molecule has 25 heavy (non-hydrogen) atoms. The summed E-state index contributed by atoms with van der Waals surface area (Å²) in [6.45, 7) is 5.32. The molecule has 0 radical (unpaired) electrons. The van der Waals surface area contributed by atoms with Gasteiger partial charge >= 0.3 is 0 Å². The van der Waals surface area contributed by atoms with E-state index >= 15 is 0 Å². The Labute approximate surface area is 145 Å². The quantitative estimate of drug-likeness (QED) is 0.731. The van der Waals surface area contributed by atoms with Crippen molar-refractivity contribution in [1.29, 1.82) is 0 Å². The van der Waals surface area contributed by atoms with E-state index in [0.717, 1.165) is 17.9 Å². The monoisotopic (exact) mass is 337 g/mol. The Morgan fingerprint density at radius 2 is 2.04 bits per heavy atom. The molecule has 1 aliphatic rings. The van der Waals surface area contributed by atoms with Crippen molar-refractivity contribution >= 4 is 11.6 Å². The third-order valence-electron chi connectivity index (χ3n) is 4.51. The molecule has 1 atom stereocenters. The first-order chi connectivity index (χ1) is 12.2. The summed E-state index contributed by atoms with van der Waals surface area (Å²) in [5.74, 6) is 1.03. The second-order valence-corrected chi connectivity index (χ2v) is 6.23. The number of rotatable bonds is 4. The van der Waals surface area contributed by atoms with Gasteiger partial charge in [-0.1, -0.05) is 22.9 Å². The largest absolute Gasteiger partial charge is 0.332 e. The molecule has 1 fully saturated rings. The number of amides is 1. The summed E-state index contributed by atoms with van der Waals surface area (Å²) in [4.78, 5) is 18.7. The number of carbonyl (C=O) groups is 1. The maximum absolute atomic E-state index is 12.4. The topological polar surface area (TPSA) is 77.1 Å². The summed E-state index contributed by atoms with van der Waals surface area (Å²) in [5, 5.41) is 8.32. The number of aryl methyl sites for hydroxylation is 2. The lowest BCUT2D eigenvalue weighted by Crippen LogP contribution is -2.24. The van der Waals surface area contributed by atoms with E-state index < -0.39 is 0 Å². The van der Waals surface area contributed by atoms with Crippen LogP contribution in [0.1, 0.15) is 30.7 Å². The highest BCUT2D eigenvalue weighted by Gasteiger charge is 2.34. The van der Waals surface area contributed by atoms with Crippen LogP contribution in [0.4, 0.5) is 5.69 Å². The van der Waals surface area contributed by atoms with Crippen molar-refractivity contribution < 1.29 is 9.32 Å². The van der Waals surface area contributed by atoms with Gasteiger partial charge in [0.1, 0.15) is 5.69 Å². The normalized spacial score (nSPS) is 17.4. The molecular weight excluding hydrogens is 318 g/mol. The maximum atomic E-state index is 12.4. The number of carbonyl (C=O) groups excluding carboxylic acids is 1. The van der Waals surface area contributed by atoms with Crippen LogP contribution in [0.15, 0.2) is 41.1 Å². The third-order valence-corrected chi connectivity index (χ3v) is 4.51. The Balaban J connectivity index is 1.56. The van der Waals surface area contributed by atoms with Gasteiger partial charge in [-0.15, -0.1) is 0 Å². The fourth-order valence-corrected chi connectivity index (χ4v) is 3.13. The molecule has 7 nitrogen and oxygen atoms in total. The Morgan fingerprint density at radius 1 is 1.24 bits per heavy atom. The predicted octanol–water partition coefficient (Wildman–Crippen LogP) is 2.78. The maximum Gasteiger partial charge on any atom is 0.276 e. The van der Waals surface area contributed by atoms with Crippen LogP contribution in [0.2, 0.25) is 0 Å². The summed E-state index contributed by atoms with van der Waals surface area (Å²) < 4.78 is 7.21. The molecule has 2 aromatic heterocycles. The van der Waals surface area contributed by atoms with E-state index in [0.29, 0.717) is 24.7 Å². The molecule has 7 heteroatoms. The van der Waals surface area contributed by atoms with Gasteiger partial charge in [0, 0.05) is 37.3 Å². The van der Waals surface area contributed by atoms with Crippen LogP contribution in [0, 0.1) is 6.92 Å². The minimum absolute atomic E-state index is 0.0655. The second kappa shape index (κ2) is 6.16. The lowest BCUT2D eigenvalue weighted by Gasteiger charge is -2.16. The van der Waals surface area contributed by atoms with Gasteiger partial charge in [-0.3, -0.25) is 9.48 Å². The molecule has 0 spiro atoms. The smallest absolute Gasteiger partial charge is 0.276 e. The Kier molecular flexibility index (Phi) is 3.83. The molecule has 0 unspecified atom stereocenters. The van der Waals surface area contributed by atoms with Crippen molar-refractivity contribution in [2.75, 3.05) is 11.4 Å². The lowest BCUT2D eigenvalue weighted by atomic mass is 10.1. The molecule has 3 heterocycles. The van der Waals surface area contributed by atoms with E-state index in [1.54, 1.807) is 15.8 Å². The number of nitrogens with zero attached hydrogens (tertiary/aromatic N) is 5. The van der Waals surface area contributed by atoms with Crippen LogP contribution in [-0.2, 0) is 11.3 Å². The molecule has 1 saturated heterocycles. The predicted molar refractivity (Wildman–Crippen MR) is 92.1 cm³/mol. The van der Waals surface area contributed by atoms with Crippen molar-refractivity contribution in [2.24, 2.45) is 0 Å². The first-order valence-electron chi connectivity index (χ1n) is 8.38. The third kappa shape index (κ3) is 2.82. The van der Waals surface area contributed by atoms with E-state index in [4.69, 9.17) is 4.52 Å². The molecule has 1 aliphatic heterocycles. The number of hydrogen-bond acceptors (Lipinski definition) is 5. The van der Waals surface area contributed by atoms with E-state index in [9.17, 15) is 4.79 Å². The van der Waals surface area contributed by atoms with Gasteiger partial charge in [-0.25, -0.2) is 0 Å². The minimum atomic E-state index is -0.0655. The van der Waals surface area contributed by atoms with Gasteiger partial charge in [0.05, 0.1) is 0 Å². The zero-order valence-corrected chi connectivity index (χ0v) is 14.2. The van der Waals surface area contributed by atoms with Gasteiger partial charge in [0.2, 0.25) is 5.91 Å². The number of benzene rings is 1. The van der Waals surface area contributed by atoms with Gasteiger partial charge in [0.15, 0.2) is 5.82 Å².